The molecule has 2 aromatic rings. The van der Waals surface area contributed by atoms with E-state index in [-0.39, 0.29) is 11.7 Å². The molecule has 31 heavy (non-hydrogen) atoms. The number of nitrogens with zero attached hydrogens (tertiary/aromatic N) is 2. The second kappa shape index (κ2) is 8.26. The third kappa shape index (κ3) is 3.99. The molecule has 2 aliphatic heterocycles. The van der Waals surface area contributed by atoms with Crippen LogP contribution >= 0.6 is 0 Å². The Labute approximate surface area is 179 Å². The van der Waals surface area contributed by atoms with Crippen molar-refractivity contribution in [1.29, 1.82) is 0 Å². The Morgan fingerprint density at radius 2 is 2.10 bits per heavy atom. The fraction of sp³-hybridized carbons (Fsp3) is 0.435. The van der Waals surface area contributed by atoms with Crippen LogP contribution in [0.3, 0.4) is 0 Å². The molecule has 0 bridgehead atoms. The normalized spacial score (nSPS) is 22.8. The zero-order valence-corrected chi connectivity index (χ0v) is 17.0. The van der Waals surface area contributed by atoms with E-state index in [1.54, 1.807) is 18.2 Å². The van der Waals surface area contributed by atoms with Crippen molar-refractivity contribution in [2.24, 2.45) is 5.92 Å². The lowest BCUT2D eigenvalue weighted by Crippen LogP contribution is -2.32. The maximum Gasteiger partial charge on any atom is 0.268 e. The number of rotatable bonds is 6. The highest BCUT2D eigenvalue weighted by atomic mass is 19.1. The Balaban J connectivity index is 1.22. The van der Waals surface area contributed by atoms with E-state index in [2.05, 4.69) is 4.98 Å². The van der Waals surface area contributed by atoms with Crippen molar-refractivity contribution >= 4 is 17.4 Å². The summed E-state index contributed by atoms with van der Waals surface area (Å²) in [4.78, 5) is 30.6. The highest BCUT2D eigenvalue weighted by Gasteiger charge is 2.36. The van der Waals surface area contributed by atoms with Gasteiger partial charge in [0.25, 0.3) is 5.91 Å². The first-order chi connectivity index (χ1) is 15.1. The fourth-order valence-electron chi connectivity index (χ4n) is 4.28. The molecule has 162 valence electrons. The number of benzene rings is 1. The predicted molar refractivity (Wildman–Crippen MR) is 109 cm³/mol. The van der Waals surface area contributed by atoms with Crippen molar-refractivity contribution in [3.63, 3.8) is 0 Å². The molecule has 7 nitrogen and oxygen atoms in total. The van der Waals surface area contributed by atoms with E-state index in [1.807, 2.05) is 0 Å². The van der Waals surface area contributed by atoms with Gasteiger partial charge in [-0.2, -0.15) is 0 Å². The number of ether oxygens (including phenoxy) is 3. The third-order valence-corrected chi connectivity index (χ3v) is 6.03. The number of carbonyl (C=O) groups is 2. The summed E-state index contributed by atoms with van der Waals surface area (Å²) >= 11 is 0. The molecule has 3 aliphatic rings. The monoisotopic (exact) mass is 426 g/mol. The highest BCUT2D eigenvalue weighted by Crippen LogP contribution is 2.32. The van der Waals surface area contributed by atoms with Crippen molar-refractivity contribution < 1.29 is 28.2 Å². The summed E-state index contributed by atoms with van der Waals surface area (Å²) in [7, 11) is 0. The molecule has 1 aliphatic carbocycles. The van der Waals surface area contributed by atoms with Gasteiger partial charge in [0.05, 0.1) is 19.4 Å². The molecule has 2 atom stereocenters. The number of pyridine rings is 1. The molecule has 8 heteroatoms. The van der Waals surface area contributed by atoms with E-state index in [9.17, 15) is 14.0 Å². The van der Waals surface area contributed by atoms with Gasteiger partial charge < -0.3 is 19.1 Å². The minimum Gasteiger partial charge on any atom is -0.479 e. The summed E-state index contributed by atoms with van der Waals surface area (Å²) in [6.07, 6.45) is 3.04. The van der Waals surface area contributed by atoms with Crippen LogP contribution in [0.15, 0.2) is 30.5 Å². The molecule has 1 aromatic carbocycles. The Morgan fingerprint density at radius 1 is 1.19 bits per heavy atom. The lowest BCUT2D eigenvalue weighted by atomic mass is 10.1. The SMILES string of the molecule is O=C1CCc2c(F)cc(N3CC[C@@H](Oc4ccc(OCC5CCOC5)nc4)C3=O)cc21. The summed E-state index contributed by atoms with van der Waals surface area (Å²) in [6.45, 7) is 2.44. The Hall–Kier alpha value is -3.00. The molecule has 1 aromatic heterocycles. The standard InChI is InChI=1S/C23H23FN2O5/c24-19-10-15(9-18-17(19)2-3-20(18)27)26-7-5-21(23(26)28)31-16-1-4-22(25-11-16)30-13-14-6-8-29-12-14/h1,4,9-11,14,21H,2-3,5-8,12-13H2/t14?,21-/m1/s1. The lowest BCUT2D eigenvalue weighted by Gasteiger charge is -2.18. The van der Waals surface area contributed by atoms with Gasteiger partial charge in [-0.15, -0.1) is 0 Å². The first kappa shape index (κ1) is 19.9. The van der Waals surface area contributed by atoms with Gasteiger partial charge in [0.15, 0.2) is 11.9 Å². The predicted octanol–water partition coefficient (Wildman–Crippen LogP) is 2.95. The van der Waals surface area contributed by atoms with Crippen LogP contribution in [0, 0.1) is 11.7 Å². The summed E-state index contributed by atoms with van der Waals surface area (Å²) in [5.74, 6) is 0.581. The molecular formula is C23H23FN2O5. The van der Waals surface area contributed by atoms with Crippen LogP contribution in [0.25, 0.3) is 0 Å². The molecule has 0 spiro atoms. The van der Waals surface area contributed by atoms with Gasteiger partial charge in [-0.25, -0.2) is 9.37 Å². The van der Waals surface area contributed by atoms with E-state index in [0.717, 1.165) is 13.0 Å². The summed E-state index contributed by atoms with van der Waals surface area (Å²) in [6, 6.07) is 6.39. The number of ketones is 1. The smallest absolute Gasteiger partial charge is 0.268 e. The molecule has 2 saturated heterocycles. The summed E-state index contributed by atoms with van der Waals surface area (Å²) < 4.78 is 31.2. The van der Waals surface area contributed by atoms with E-state index >= 15 is 0 Å². The third-order valence-electron chi connectivity index (χ3n) is 6.03. The second-order valence-corrected chi connectivity index (χ2v) is 8.13. The number of carbonyl (C=O) groups excluding carboxylic acids is 2. The van der Waals surface area contributed by atoms with Crippen LogP contribution in [-0.2, 0) is 16.0 Å². The largest absolute Gasteiger partial charge is 0.479 e. The zero-order valence-electron chi connectivity index (χ0n) is 17.0. The molecule has 5 rings (SSSR count). The van der Waals surface area contributed by atoms with E-state index in [0.29, 0.717) is 73.4 Å². The number of Topliss-reactive ketones (excluding diaryl/α,β-unsaturated/α-hetero) is 1. The quantitative estimate of drug-likeness (QED) is 0.707. The topological polar surface area (TPSA) is 78.0 Å². The number of hydrogen-bond donors (Lipinski definition) is 0. The van der Waals surface area contributed by atoms with Crippen molar-refractivity contribution in [3.8, 4) is 11.6 Å². The number of fused-ring (bicyclic) bond motifs is 1. The molecular weight excluding hydrogens is 403 g/mol. The highest BCUT2D eigenvalue weighted by molar-refractivity contribution is 6.04. The summed E-state index contributed by atoms with van der Waals surface area (Å²) in [5, 5.41) is 0. The first-order valence-corrected chi connectivity index (χ1v) is 10.6. The van der Waals surface area contributed by atoms with Crippen LogP contribution in [0.1, 0.15) is 35.2 Å². The van der Waals surface area contributed by atoms with Gasteiger partial charge in [0, 0.05) is 49.2 Å². The summed E-state index contributed by atoms with van der Waals surface area (Å²) in [5.41, 5.74) is 1.23. The number of hydrogen-bond acceptors (Lipinski definition) is 6. The maximum absolute atomic E-state index is 14.4. The molecule has 2 fully saturated rings. The number of halogens is 1. The van der Waals surface area contributed by atoms with E-state index in [4.69, 9.17) is 14.2 Å². The van der Waals surface area contributed by atoms with Gasteiger partial charge in [-0.3, -0.25) is 9.59 Å². The zero-order chi connectivity index (χ0) is 21.4. The van der Waals surface area contributed by atoms with Crippen molar-refractivity contribution in [2.45, 2.75) is 31.8 Å². The van der Waals surface area contributed by atoms with Crippen LogP contribution in [0.2, 0.25) is 0 Å². The molecule has 1 unspecified atom stereocenters. The minimum atomic E-state index is -0.684. The Bertz CT molecular complexity index is 1000. The van der Waals surface area contributed by atoms with Crippen molar-refractivity contribution in [3.05, 3.63) is 47.4 Å². The average Bonchev–Trinajstić information content (AvgIpc) is 3.50. The van der Waals surface area contributed by atoms with E-state index in [1.165, 1.54) is 17.2 Å². The number of amides is 1. The second-order valence-electron chi connectivity index (χ2n) is 8.13. The fourth-order valence-corrected chi connectivity index (χ4v) is 4.28. The molecule has 0 N–H and O–H groups in total. The van der Waals surface area contributed by atoms with Crippen LogP contribution in [-0.4, -0.2) is 49.1 Å². The first-order valence-electron chi connectivity index (χ1n) is 10.6. The lowest BCUT2D eigenvalue weighted by molar-refractivity contribution is -0.122. The minimum absolute atomic E-state index is 0.0796. The van der Waals surface area contributed by atoms with Crippen LogP contribution in [0.4, 0.5) is 10.1 Å². The van der Waals surface area contributed by atoms with Crippen LogP contribution < -0.4 is 14.4 Å². The number of aromatic nitrogens is 1. The van der Waals surface area contributed by atoms with E-state index < -0.39 is 11.9 Å². The average molecular weight is 426 g/mol. The van der Waals surface area contributed by atoms with Gasteiger partial charge >= 0.3 is 0 Å². The molecule has 3 heterocycles. The van der Waals surface area contributed by atoms with Crippen molar-refractivity contribution in [2.75, 3.05) is 31.3 Å². The molecule has 0 saturated carbocycles. The van der Waals surface area contributed by atoms with Crippen LogP contribution in [0.5, 0.6) is 11.6 Å². The Kier molecular flexibility index (Phi) is 5.31. The molecule has 1 amide bonds. The van der Waals surface area contributed by atoms with Crippen molar-refractivity contribution in [1.82, 2.24) is 4.98 Å². The number of anilines is 1. The van der Waals surface area contributed by atoms with Gasteiger partial charge in [0.2, 0.25) is 5.88 Å². The van der Waals surface area contributed by atoms with Gasteiger partial charge in [0.1, 0.15) is 11.6 Å². The molecule has 0 radical (unpaired) electrons. The Morgan fingerprint density at radius 3 is 2.87 bits per heavy atom. The van der Waals surface area contributed by atoms with Gasteiger partial charge in [-0.1, -0.05) is 0 Å². The maximum atomic E-state index is 14.4. The van der Waals surface area contributed by atoms with Gasteiger partial charge in [-0.05, 0) is 36.6 Å².